The van der Waals surface area contributed by atoms with Crippen molar-refractivity contribution in [3.8, 4) is 22.4 Å². The van der Waals surface area contributed by atoms with Crippen LogP contribution in [0.15, 0.2) is 47.7 Å². The van der Waals surface area contributed by atoms with Crippen LogP contribution in [0.1, 0.15) is 12.1 Å². The van der Waals surface area contributed by atoms with E-state index in [1.165, 1.54) is 4.57 Å². The van der Waals surface area contributed by atoms with Gasteiger partial charge in [0, 0.05) is 59.1 Å². The molecule has 11 heteroatoms. The minimum absolute atomic E-state index is 0.0388. The van der Waals surface area contributed by atoms with E-state index < -0.39 is 0 Å². The number of rotatable bonds is 6. The van der Waals surface area contributed by atoms with Gasteiger partial charge in [0.25, 0.3) is 5.56 Å². The van der Waals surface area contributed by atoms with Gasteiger partial charge in [-0.2, -0.15) is 4.98 Å². The fourth-order valence-corrected chi connectivity index (χ4v) is 4.59. The number of pyridine rings is 1. The molecule has 36 heavy (non-hydrogen) atoms. The van der Waals surface area contributed by atoms with E-state index in [0.29, 0.717) is 45.4 Å². The molecule has 1 fully saturated rings. The molecule has 3 N–H and O–H groups in total. The van der Waals surface area contributed by atoms with Crippen molar-refractivity contribution in [3.05, 3.63) is 63.9 Å². The summed E-state index contributed by atoms with van der Waals surface area (Å²) in [4.78, 5) is 44.0. The molecule has 1 saturated heterocycles. The number of anilines is 1. The number of nitrogens with one attached hydrogen (secondary N) is 3. The van der Waals surface area contributed by atoms with Gasteiger partial charge in [0.2, 0.25) is 11.9 Å². The third-order valence-corrected chi connectivity index (χ3v) is 6.40. The minimum atomic E-state index is -0.368. The van der Waals surface area contributed by atoms with Crippen molar-refractivity contribution in [2.75, 3.05) is 25.5 Å². The van der Waals surface area contributed by atoms with Gasteiger partial charge < -0.3 is 16.0 Å². The average Bonchev–Trinajstić information content (AvgIpc) is 3.38. The van der Waals surface area contributed by atoms with Crippen molar-refractivity contribution < 1.29 is 4.79 Å². The van der Waals surface area contributed by atoms with Crippen molar-refractivity contribution in [2.45, 2.75) is 25.9 Å². The van der Waals surface area contributed by atoms with Crippen LogP contribution in [0.5, 0.6) is 0 Å². The van der Waals surface area contributed by atoms with Gasteiger partial charge in [0.15, 0.2) is 0 Å². The van der Waals surface area contributed by atoms with Crippen molar-refractivity contribution in [2.24, 2.45) is 0 Å². The molecule has 1 aliphatic rings. The van der Waals surface area contributed by atoms with Gasteiger partial charge in [0.05, 0.1) is 17.6 Å². The zero-order valence-corrected chi connectivity index (χ0v) is 20.6. The molecule has 4 heterocycles. The monoisotopic (exact) mass is 504 g/mol. The maximum atomic E-state index is 13.7. The van der Waals surface area contributed by atoms with Crippen molar-refractivity contribution >= 4 is 34.5 Å². The van der Waals surface area contributed by atoms with E-state index in [4.69, 9.17) is 11.6 Å². The van der Waals surface area contributed by atoms with E-state index in [1.54, 1.807) is 43.8 Å². The van der Waals surface area contributed by atoms with Gasteiger partial charge in [0.1, 0.15) is 12.2 Å². The van der Waals surface area contributed by atoms with E-state index in [9.17, 15) is 9.59 Å². The second-order valence-electron chi connectivity index (χ2n) is 8.67. The van der Waals surface area contributed by atoms with Crippen LogP contribution in [-0.2, 0) is 11.3 Å². The first-order valence-electron chi connectivity index (χ1n) is 11.6. The molecule has 0 aliphatic carbocycles. The van der Waals surface area contributed by atoms with Crippen LogP contribution in [0.3, 0.4) is 0 Å². The molecule has 1 unspecified atom stereocenters. The second-order valence-corrected chi connectivity index (χ2v) is 9.08. The Labute approximate surface area is 212 Å². The molecule has 3 aromatic heterocycles. The fourth-order valence-electron chi connectivity index (χ4n) is 4.31. The van der Waals surface area contributed by atoms with Gasteiger partial charge >= 0.3 is 0 Å². The molecule has 1 aromatic carbocycles. The second kappa shape index (κ2) is 10.00. The number of benzene rings is 1. The Kier molecular flexibility index (Phi) is 6.62. The van der Waals surface area contributed by atoms with Crippen LogP contribution < -0.4 is 21.5 Å². The lowest BCUT2D eigenvalue weighted by atomic mass is 10.0. The zero-order valence-electron chi connectivity index (χ0n) is 19.9. The van der Waals surface area contributed by atoms with E-state index in [2.05, 4.69) is 35.9 Å². The molecule has 10 nitrogen and oxygen atoms in total. The maximum Gasteiger partial charge on any atom is 0.260 e. The number of aromatic nitrogens is 5. The number of nitrogens with zero attached hydrogens (tertiary/aromatic N) is 5. The van der Waals surface area contributed by atoms with Gasteiger partial charge in [-0.05, 0) is 32.0 Å². The summed E-state index contributed by atoms with van der Waals surface area (Å²) in [7, 11) is 1.69. The third kappa shape index (κ3) is 4.77. The normalized spacial score (nSPS) is 15.2. The third-order valence-electron chi connectivity index (χ3n) is 6.09. The summed E-state index contributed by atoms with van der Waals surface area (Å²) in [5.74, 6) is 0.0961. The summed E-state index contributed by atoms with van der Waals surface area (Å²) >= 11 is 6.67. The van der Waals surface area contributed by atoms with E-state index in [-0.39, 0.29) is 24.1 Å². The van der Waals surface area contributed by atoms with Crippen LogP contribution in [0.2, 0.25) is 5.02 Å². The van der Waals surface area contributed by atoms with Crippen LogP contribution in [0, 0.1) is 6.92 Å². The van der Waals surface area contributed by atoms with Crippen LogP contribution in [0.4, 0.5) is 5.95 Å². The first kappa shape index (κ1) is 23.8. The number of amides is 1. The molecule has 0 saturated carbocycles. The van der Waals surface area contributed by atoms with Crippen molar-refractivity contribution in [1.29, 1.82) is 0 Å². The minimum Gasteiger partial charge on any atom is -0.357 e. The average molecular weight is 505 g/mol. The highest BCUT2D eigenvalue weighted by Crippen LogP contribution is 2.31. The van der Waals surface area contributed by atoms with Crippen LogP contribution >= 0.6 is 11.6 Å². The quantitative estimate of drug-likeness (QED) is 0.365. The predicted octanol–water partition coefficient (Wildman–Crippen LogP) is 2.40. The molecular formula is C25H25ClN8O2. The molecule has 0 radical (unpaired) electrons. The van der Waals surface area contributed by atoms with Crippen LogP contribution in [0.25, 0.3) is 33.4 Å². The Morgan fingerprint density at radius 2 is 2.06 bits per heavy atom. The topological polar surface area (TPSA) is 127 Å². The van der Waals surface area contributed by atoms with Gasteiger partial charge in [-0.1, -0.05) is 23.7 Å². The summed E-state index contributed by atoms with van der Waals surface area (Å²) < 4.78 is 1.38. The largest absolute Gasteiger partial charge is 0.357 e. The number of hydrogen-bond donors (Lipinski definition) is 3. The Bertz CT molecular complexity index is 1510. The first-order chi connectivity index (χ1) is 17.4. The van der Waals surface area contributed by atoms with Crippen molar-refractivity contribution in [1.82, 2.24) is 35.1 Å². The molecule has 0 bridgehead atoms. The zero-order chi connectivity index (χ0) is 25.2. The highest BCUT2D eigenvalue weighted by atomic mass is 35.5. The lowest BCUT2D eigenvalue weighted by Gasteiger charge is -2.16. The Balaban J connectivity index is 1.59. The maximum absolute atomic E-state index is 13.7. The lowest BCUT2D eigenvalue weighted by molar-refractivity contribution is -0.122. The lowest BCUT2D eigenvalue weighted by Crippen LogP contribution is -2.40. The SMILES string of the molecule is CNc1ncc2cc(-c3ccc(-c4cncc(C)n4)cc3Cl)c(=O)n(CC(=O)NC3CCNC3)c2n1. The molecule has 1 atom stereocenters. The standard InChI is InChI=1S/C25H25ClN8O2/c1-14-9-29-12-21(31-14)15-3-4-18(20(26)8-15)19-7-16-10-30-25(27-2)33-23(16)34(24(19)36)13-22(35)32-17-5-6-28-11-17/h3-4,7-10,12,17,28H,5-6,11,13H2,1-2H3,(H,32,35)(H,27,30,33). The molecule has 0 spiro atoms. The highest BCUT2D eigenvalue weighted by Gasteiger charge is 2.20. The molecule has 184 valence electrons. The molecule has 4 aromatic rings. The van der Waals surface area contributed by atoms with Crippen molar-refractivity contribution in [3.63, 3.8) is 0 Å². The highest BCUT2D eigenvalue weighted by molar-refractivity contribution is 6.33. The fraction of sp³-hybridized carbons (Fsp3) is 0.280. The Morgan fingerprint density at radius 3 is 2.78 bits per heavy atom. The first-order valence-corrected chi connectivity index (χ1v) is 12.0. The number of hydrogen-bond acceptors (Lipinski definition) is 8. The molecular weight excluding hydrogens is 480 g/mol. The summed E-state index contributed by atoms with van der Waals surface area (Å²) in [6.07, 6.45) is 5.81. The summed E-state index contributed by atoms with van der Waals surface area (Å²) in [6.45, 7) is 3.25. The molecule has 1 amide bonds. The van der Waals surface area contributed by atoms with Gasteiger partial charge in [-0.15, -0.1) is 0 Å². The number of fused-ring (bicyclic) bond motifs is 1. The molecule has 5 rings (SSSR count). The van der Waals surface area contributed by atoms with E-state index in [0.717, 1.165) is 24.2 Å². The number of halogens is 1. The van der Waals surface area contributed by atoms with E-state index >= 15 is 0 Å². The summed E-state index contributed by atoms with van der Waals surface area (Å²) in [5, 5.41) is 10.1. The predicted molar refractivity (Wildman–Crippen MR) is 139 cm³/mol. The Hall–Kier alpha value is -3.89. The molecule has 1 aliphatic heterocycles. The van der Waals surface area contributed by atoms with Gasteiger partial charge in [-0.3, -0.25) is 19.1 Å². The number of aryl methyl sites for hydroxylation is 1. The van der Waals surface area contributed by atoms with Gasteiger partial charge in [-0.25, -0.2) is 9.97 Å². The Morgan fingerprint density at radius 1 is 1.19 bits per heavy atom. The smallest absolute Gasteiger partial charge is 0.260 e. The van der Waals surface area contributed by atoms with Crippen LogP contribution in [-0.4, -0.2) is 56.6 Å². The van der Waals surface area contributed by atoms with E-state index in [1.807, 2.05) is 13.0 Å². The summed E-state index contributed by atoms with van der Waals surface area (Å²) in [6, 6.07) is 7.13. The number of carbonyl (C=O) groups excluding carboxylic acids is 1. The summed E-state index contributed by atoms with van der Waals surface area (Å²) in [5.41, 5.74) is 3.15. The number of carbonyl (C=O) groups is 1.